The molecule has 0 aliphatic rings. The lowest BCUT2D eigenvalue weighted by atomic mass is 9.93. The minimum Gasteiger partial charge on any atom is -0.386 e. The molecule has 0 radical (unpaired) electrons. The lowest BCUT2D eigenvalue weighted by Gasteiger charge is -2.14. The molecular formula is C10H20O2. The fourth-order valence-corrected chi connectivity index (χ4v) is 1.38. The lowest BCUT2D eigenvalue weighted by molar-refractivity contribution is -0.115. The number of carbonyl (C=O) groups excluding carboxylic acids is 1. The highest BCUT2D eigenvalue weighted by atomic mass is 16.3. The molecule has 2 nitrogen and oxygen atoms in total. The van der Waals surface area contributed by atoms with Crippen molar-refractivity contribution in [3.63, 3.8) is 0 Å². The molecule has 0 saturated heterocycles. The van der Waals surface area contributed by atoms with Gasteiger partial charge in [0, 0.05) is 0 Å². The predicted molar refractivity (Wildman–Crippen MR) is 50.0 cm³/mol. The number of unbranched alkanes of at least 4 members (excludes halogenated alkanes) is 1. The van der Waals surface area contributed by atoms with E-state index < -0.39 is 6.10 Å². The van der Waals surface area contributed by atoms with Gasteiger partial charge in [-0.3, -0.25) is 0 Å². The van der Waals surface area contributed by atoms with Crippen LogP contribution in [0.15, 0.2) is 0 Å². The Hall–Kier alpha value is -0.370. The van der Waals surface area contributed by atoms with Gasteiger partial charge in [0.25, 0.3) is 0 Å². The average molecular weight is 172 g/mol. The van der Waals surface area contributed by atoms with Crippen molar-refractivity contribution in [2.75, 3.05) is 0 Å². The Morgan fingerprint density at radius 1 is 1.42 bits per heavy atom. The molecule has 0 fully saturated rings. The molecule has 0 aromatic rings. The maximum absolute atomic E-state index is 10.2. The van der Waals surface area contributed by atoms with Crippen LogP contribution in [0.1, 0.15) is 46.0 Å². The van der Waals surface area contributed by atoms with Crippen molar-refractivity contribution < 1.29 is 9.90 Å². The van der Waals surface area contributed by atoms with Crippen molar-refractivity contribution in [3.05, 3.63) is 0 Å². The Balaban J connectivity index is 3.58. The van der Waals surface area contributed by atoms with Crippen molar-refractivity contribution in [3.8, 4) is 0 Å². The van der Waals surface area contributed by atoms with E-state index in [1.165, 1.54) is 12.8 Å². The van der Waals surface area contributed by atoms with Crippen LogP contribution in [-0.4, -0.2) is 17.5 Å². The van der Waals surface area contributed by atoms with Gasteiger partial charge in [0.05, 0.1) is 0 Å². The van der Waals surface area contributed by atoms with E-state index in [1.807, 2.05) is 0 Å². The molecule has 0 aliphatic heterocycles. The zero-order chi connectivity index (χ0) is 9.40. The second-order valence-corrected chi connectivity index (χ2v) is 3.36. The van der Waals surface area contributed by atoms with Gasteiger partial charge in [-0.05, 0) is 12.3 Å². The molecule has 0 spiro atoms. The van der Waals surface area contributed by atoms with E-state index >= 15 is 0 Å². The highest BCUT2D eigenvalue weighted by Crippen LogP contribution is 2.17. The van der Waals surface area contributed by atoms with Gasteiger partial charge in [-0.2, -0.15) is 0 Å². The fraction of sp³-hybridized carbons (Fsp3) is 0.900. The van der Waals surface area contributed by atoms with Crippen molar-refractivity contribution in [2.45, 2.75) is 52.1 Å². The molecule has 1 N–H and O–H groups in total. The highest BCUT2D eigenvalue weighted by Gasteiger charge is 2.11. The van der Waals surface area contributed by atoms with Crippen molar-refractivity contribution in [1.82, 2.24) is 0 Å². The van der Waals surface area contributed by atoms with Crippen LogP contribution in [0.5, 0.6) is 0 Å². The molecule has 0 bridgehead atoms. The van der Waals surface area contributed by atoms with Gasteiger partial charge in [-0.15, -0.1) is 0 Å². The average Bonchev–Trinajstić information content (AvgIpc) is 2.11. The number of aliphatic hydroxyl groups excluding tert-OH is 1. The van der Waals surface area contributed by atoms with E-state index in [0.29, 0.717) is 18.6 Å². The van der Waals surface area contributed by atoms with Crippen LogP contribution < -0.4 is 0 Å². The second kappa shape index (κ2) is 7.29. The molecule has 2 heteroatoms. The summed E-state index contributed by atoms with van der Waals surface area (Å²) in [6, 6.07) is 0. The molecule has 0 rings (SSSR count). The number of aliphatic hydroxyl groups is 1. The third-order valence-electron chi connectivity index (χ3n) is 2.28. The molecule has 0 amide bonds. The van der Waals surface area contributed by atoms with Crippen molar-refractivity contribution in [2.24, 2.45) is 5.92 Å². The molecule has 0 saturated carbocycles. The van der Waals surface area contributed by atoms with E-state index in [1.54, 1.807) is 0 Å². The van der Waals surface area contributed by atoms with Crippen LogP contribution in [0.3, 0.4) is 0 Å². The quantitative estimate of drug-likeness (QED) is 0.597. The smallest absolute Gasteiger partial charge is 0.148 e. The lowest BCUT2D eigenvalue weighted by Crippen LogP contribution is -2.14. The monoisotopic (exact) mass is 172 g/mol. The first-order chi connectivity index (χ1) is 5.74. The Kier molecular flexibility index (Phi) is 7.06. The largest absolute Gasteiger partial charge is 0.386 e. The van der Waals surface area contributed by atoms with Crippen LogP contribution in [0, 0.1) is 5.92 Å². The van der Waals surface area contributed by atoms with Gasteiger partial charge >= 0.3 is 0 Å². The van der Waals surface area contributed by atoms with Crippen molar-refractivity contribution in [1.29, 1.82) is 0 Å². The molecular weight excluding hydrogens is 152 g/mol. The summed E-state index contributed by atoms with van der Waals surface area (Å²) in [6.07, 6.45) is 5.11. The van der Waals surface area contributed by atoms with Gasteiger partial charge in [0.2, 0.25) is 0 Å². The normalized spacial score (nSPS) is 15.6. The zero-order valence-corrected chi connectivity index (χ0v) is 8.12. The molecule has 2 atom stereocenters. The topological polar surface area (TPSA) is 37.3 Å². The third-order valence-corrected chi connectivity index (χ3v) is 2.28. The summed E-state index contributed by atoms with van der Waals surface area (Å²) in [7, 11) is 0. The molecule has 72 valence electrons. The minimum absolute atomic E-state index is 0.519. The fourth-order valence-electron chi connectivity index (χ4n) is 1.38. The summed E-state index contributed by atoms with van der Waals surface area (Å²) in [5.74, 6) is 0.519. The molecule has 12 heavy (non-hydrogen) atoms. The molecule has 0 heterocycles. The van der Waals surface area contributed by atoms with Gasteiger partial charge in [0.15, 0.2) is 0 Å². The SMILES string of the molecule is CCCCC(CC)CC(O)C=O. The van der Waals surface area contributed by atoms with E-state index in [-0.39, 0.29) is 0 Å². The van der Waals surface area contributed by atoms with Gasteiger partial charge < -0.3 is 9.90 Å². The summed E-state index contributed by atoms with van der Waals surface area (Å²) in [6.45, 7) is 4.26. The predicted octanol–water partition coefficient (Wildman–Crippen LogP) is 2.15. The first-order valence-corrected chi connectivity index (χ1v) is 4.87. The molecule has 0 aromatic carbocycles. The number of hydrogen-bond donors (Lipinski definition) is 1. The van der Waals surface area contributed by atoms with E-state index in [4.69, 9.17) is 5.11 Å². The van der Waals surface area contributed by atoms with Crippen molar-refractivity contribution >= 4 is 6.29 Å². The Bertz CT molecular complexity index is 112. The van der Waals surface area contributed by atoms with Crippen LogP contribution in [0.2, 0.25) is 0 Å². The molecule has 0 aromatic heterocycles. The minimum atomic E-state index is -0.744. The Morgan fingerprint density at radius 3 is 2.50 bits per heavy atom. The molecule has 0 aliphatic carbocycles. The summed E-state index contributed by atoms with van der Waals surface area (Å²) < 4.78 is 0. The number of aldehydes is 1. The first kappa shape index (κ1) is 11.6. The summed E-state index contributed by atoms with van der Waals surface area (Å²) in [5.41, 5.74) is 0. The Morgan fingerprint density at radius 2 is 2.08 bits per heavy atom. The van der Waals surface area contributed by atoms with Crippen LogP contribution >= 0.6 is 0 Å². The van der Waals surface area contributed by atoms with E-state index in [0.717, 1.165) is 12.8 Å². The maximum atomic E-state index is 10.2. The maximum Gasteiger partial charge on any atom is 0.148 e. The zero-order valence-electron chi connectivity index (χ0n) is 8.12. The number of hydrogen-bond acceptors (Lipinski definition) is 2. The summed E-state index contributed by atoms with van der Waals surface area (Å²) in [5, 5.41) is 9.09. The molecule has 2 unspecified atom stereocenters. The van der Waals surface area contributed by atoms with Gasteiger partial charge in [-0.1, -0.05) is 39.5 Å². The van der Waals surface area contributed by atoms with Crippen LogP contribution in [0.4, 0.5) is 0 Å². The standard InChI is InChI=1S/C10H20O2/c1-3-5-6-9(4-2)7-10(12)8-11/h8-10,12H,3-7H2,1-2H3. The number of rotatable bonds is 7. The van der Waals surface area contributed by atoms with Gasteiger partial charge in [0.1, 0.15) is 12.4 Å². The summed E-state index contributed by atoms with van der Waals surface area (Å²) >= 11 is 0. The number of carbonyl (C=O) groups is 1. The van der Waals surface area contributed by atoms with E-state index in [9.17, 15) is 4.79 Å². The van der Waals surface area contributed by atoms with E-state index in [2.05, 4.69) is 13.8 Å². The Labute approximate surface area is 75.0 Å². The van der Waals surface area contributed by atoms with Crippen LogP contribution in [-0.2, 0) is 4.79 Å². The highest BCUT2D eigenvalue weighted by molar-refractivity contribution is 5.55. The van der Waals surface area contributed by atoms with Gasteiger partial charge in [-0.25, -0.2) is 0 Å². The third kappa shape index (κ3) is 5.30. The van der Waals surface area contributed by atoms with Crippen LogP contribution in [0.25, 0.3) is 0 Å². The summed E-state index contributed by atoms with van der Waals surface area (Å²) in [4.78, 5) is 10.2. The first-order valence-electron chi connectivity index (χ1n) is 4.87. The second-order valence-electron chi connectivity index (χ2n) is 3.36.